The second-order valence-corrected chi connectivity index (χ2v) is 9.36. The van der Waals surface area contributed by atoms with Crippen molar-refractivity contribution in [2.24, 2.45) is 0 Å². The molecular weight excluding hydrogens is 484 g/mol. The van der Waals surface area contributed by atoms with Gasteiger partial charge in [0.25, 0.3) is 10.0 Å². The van der Waals surface area contributed by atoms with Crippen LogP contribution in [0.2, 0.25) is 0 Å². The number of methoxy groups -OCH3 is 3. The highest BCUT2D eigenvalue weighted by Gasteiger charge is 2.29. The summed E-state index contributed by atoms with van der Waals surface area (Å²) in [6, 6.07) is 18.1. The van der Waals surface area contributed by atoms with Gasteiger partial charge in [-0.3, -0.25) is 9.10 Å². The molecule has 10 heteroatoms. The SMILES string of the molecule is CCOc1ccccc1N(CC(=O)NCc1ccc(OC)c(OC)c1OC)S(=O)(=O)c1ccccc1. The minimum atomic E-state index is -4.07. The fourth-order valence-corrected chi connectivity index (χ4v) is 5.10. The summed E-state index contributed by atoms with van der Waals surface area (Å²) in [5.41, 5.74) is 0.901. The number of amides is 1. The predicted molar refractivity (Wildman–Crippen MR) is 137 cm³/mol. The van der Waals surface area contributed by atoms with Crippen LogP contribution in [0.4, 0.5) is 5.69 Å². The van der Waals surface area contributed by atoms with E-state index in [-0.39, 0.29) is 17.1 Å². The van der Waals surface area contributed by atoms with Gasteiger partial charge in [-0.15, -0.1) is 0 Å². The molecule has 0 radical (unpaired) electrons. The van der Waals surface area contributed by atoms with E-state index in [1.165, 1.54) is 33.5 Å². The molecule has 0 saturated carbocycles. The molecule has 3 aromatic rings. The third-order valence-corrected chi connectivity index (χ3v) is 7.09. The average Bonchev–Trinajstić information content (AvgIpc) is 2.90. The number of ether oxygens (including phenoxy) is 4. The lowest BCUT2D eigenvalue weighted by Crippen LogP contribution is -2.41. The van der Waals surface area contributed by atoms with Crippen LogP contribution >= 0.6 is 0 Å². The third kappa shape index (κ3) is 5.83. The Morgan fingerprint density at radius 3 is 2.14 bits per heavy atom. The normalized spacial score (nSPS) is 10.9. The number of rotatable bonds is 12. The predicted octanol–water partition coefficient (Wildman–Crippen LogP) is 3.62. The highest BCUT2D eigenvalue weighted by Crippen LogP contribution is 2.39. The molecule has 1 amide bonds. The summed E-state index contributed by atoms with van der Waals surface area (Å²) in [4.78, 5) is 13.1. The second kappa shape index (κ2) is 12.2. The molecule has 1 N–H and O–H groups in total. The van der Waals surface area contributed by atoms with E-state index < -0.39 is 22.5 Å². The van der Waals surface area contributed by atoms with Crippen LogP contribution in [-0.4, -0.2) is 48.8 Å². The first kappa shape index (κ1) is 26.7. The summed E-state index contributed by atoms with van der Waals surface area (Å²) < 4.78 is 50.1. The van der Waals surface area contributed by atoms with Crippen molar-refractivity contribution in [3.63, 3.8) is 0 Å². The Hall–Kier alpha value is -3.92. The van der Waals surface area contributed by atoms with E-state index in [9.17, 15) is 13.2 Å². The Morgan fingerprint density at radius 1 is 0.833 bits per heavy atom. The standard InChI is InChI=1S/C26H30N2O7S/c1-5-35-22-14-10-9-13-21(22)28(36(30,31)20-11-7-6-8-12-20)18-24(29)27-17-19-15-16-23(32-2)26(34-4)25(19)33-3/h6-16H,5,17-18H2,1-4H3,(H,27,29). The summed E-state index contributed by atoms with van der Waals surface area (Å²) in [5.74, 6) is 1.13. The van der Waals surface area contributed by atoms with Crippen LogP contribution in [-0.2, 0) is 21.4 Å². The number of sulfonamides is 1. The molecule has 9 nitrogen and oxygen atoms in total. The number of hydrogen-bond acceptors (Lipinski definition) is 7. The van der Waals surface area contributed by atoms with Gasteiger partial charge in [0, 0.05) is 12.1 Å². The van der Waals surface area contributed by atoms with E-state index in [0.29, 0.717) is 35.2 Å². The van der Waals surface area contributed by atoms with Crippen molar-refractivity contribution in [2.75, 3.05) is 38.8 Å². The summed E-state index contributed by atoms with van der Waals surface area (Å²) in [5, 5.41) is 2.78. The molecule has 0 atom stereocenters. The summed E-state index contributed by atoms with van der Waals surface area (Å²) >= 11 is 0. The first-order valence-corrected chi connectivity index (χ1v) is 12.7. The molecule has 0 unspecified atom stereocenters. The highest BCUT2D eigenvalue weighted by molar-refractivity contribution is 7.92. The minimum absolute atomic E-state index is 0.0608. The number of carbonyl (C=O) groups excluding carboxylic acids is 1. The fraction of sp³-hybridized carbons (Fsp3) is 0.269. The van der Waals surface area contributed by atoms with Gasteiger partial charge in [0.1, 0.15) is 12.3 Å². The van der Waals surface area contributed by atoms with Crippen LogP contribution in [0.5, 0.6) is 23.0 Å². The van der Waals surface area contributed by atoms with Crippen molar-refractivity contribution >= 4 is 21.6 Å². The van der Waals surface area contributed by atoms with Crippen LogP contribution in [0.3, 0.4) is 0 Å². The number of anilines is 1. The molecule has 0 fully saturated rings. The Bertz CT molecular complexity index is 1280. The van der Waals surface area contributed by atoms with Crippen LogP contribution < -0.4 is 28.6 Å². The van der Waals surface area contributed by atoms with Gasteiger partial charge in [0.2, 0.25) is 11.7 Å². The van der Waals surface area contributed by atoms with E-state index in [1.807, 2.05) is 0 Å². The second-order valence-electron chi connectivity index (χ2n) is 7.50. The van der Waals surface area contributed by atoms with Gasteiger partial charge >= 0.3 is 0 Å². The first-order valence-electron chi connectivity index (χ1n) is 11.2. The molecule has 0 aromatic heterocycles. The van der Waals surface area contributed by atoms with Crippen molar-refractivity contribution in [3.8, 4) is 23.0 Å². The zero-order valence-electron chi connectivity index (χ0n) is 20.7. The van der Waals surface area contributed by atoms with Crippen molar-refractivity contribution < 1.29 is 32.2 Å². The topological polar surface area (TPSA) is 103 Å². The van der Waals surface area contributed by atoms with Gasteiger partial charge in [0.05, 0.1) is 38.5 Å². The van der Waals surface area contributed by atoms with E-state index in [2.05, 4.69) is 5.32 Å². The molecule has 0 aliphatic rings. The number of nitrogens with one attached hydrogen (secondary N) is 1. The largest absolute Gasteiger partial charge is 0.493 e. The average molecular weight is 515 g/mol. The Kier molecular flexibility index (Phi) is 9.02. The molecule has 0 saturated heterocycles. The zero-order chi connectivity index (χ0) is 26.1. The van der Waals surface area contributed by atoms with Gasteiger partial charge in [-0.05, 0) is 43.3 Å². The smallest absolute Gasteiger partial charge is 0.264 e. The molecule has 0 aliphatic heterocycles. The van der Waals surface area contributed by atoms with Gasteiger partial charge in [0.15, 0.2) is 11.5 Å². The van der Waals surface area contributed by atoms with Gasteiger partial charge in [-0.2, -0.15) is 0 Å². The van der Waals surface area contributed by atoms with Crippen molar-refractivity contribution in [2.45, 2.75) is 18.4 Å². The maximum atomic E-state index is 13.6. The van der Waals surface area contributed by atoms with Crippen LogP contribution in [0, 0.1) is 0 Å². The van der Waals surface area contributed by atoms with Crippen LogP contribution in [0.25, 0.3) is 0 Å². The Morgan fingerprint density at radius 2 is 1.50 bits per heavy atom. The fourth-order valence-electron chi connectivity index (χ4n) is 3.64. The molecule has 3 aromatic carbocycles. The highest BCUT2D eigenvalue weighted by atomic mass is 32.2. The first-order chi connectivity index (χ1) is 17.4. The van der Waals surface area contributed by atoms with Crippen LogP contribution in [0.15, 0.2) is 71.6 Å². The number of hydrogen-bond donors (Lipinski definition) is 1. The molecule has 0 heterocycles. The van der Waals surface area contributed by atoms with E-state index >= 15 is 0 Å². The molecule has 192 valence electrons. The zero-order valence-corrected chi connectivity index (χ0v) is 21.5. The third-order valence-electron chi connectivity index (χ3n) is 5.31. The summed E-state index contributed by atoms with van der Waals surface area (Å²) in [6.07, 6.45) is 0. The lowest BCUT2D eigenvalue weighted by atomic mass is 10.1. The molecule has 0 bridgehead atoms. The van der Waals surface area contributed by atoms with Crippen molar-refractivity contribution in [3.05, 3.63) is 72.3 Å². The van der Waals surface area contributed by atoms with Gasteiger partial charge in [-0.1, -0.05) is 30.3 Å². The number of carbonyl (C=O) groups is 1. The maximum Gasteiger partial charge on any atom is 0.264 e. The Labute approximate surface area is 211 Å². The minimum Gasteiger partial charge on any atom is -0.493 e. The van der Waals surface area contributed by atoms with Crippen molar-refractivity contribution in [1.82, 2.24) is 5.32 Å². The van der Waals surface area contributed by atoms with E-state index in [0.717, 1.165) is 4.31 Å². The summed E-state index contributed by atoms with van der Waals surface area (Å²) in [6.45, 7) is 1.75. The molecule has 0 aliphatic carbocycles. The lowest BCUT2D eigenvalue weighted by molar-refractivity contribution is -0.119. The summed E-state index contributed by atoms with van der Waals surface area (Å²) in [7, 11) is 0.419. The molecular formula is C26H30N2O7S. The molecule has 36 heavy (non-hydrogen) atoms. The van der Waals surface area contributed by atoms with Crippen LogP contribution in [0.1, 0.15) is 12.5 Å². The quantitative estimate of drug-likeness (QED) is 0.394. The van der Waals surface area contributed by atoms with Gasteiger partial charge < -0.3 is 24.3 Å². The molecule has 0 spiro atoms. The Balaban J connectivity index is 1.91. The van der Waals surface area contributed by atoms with E-state index in [4.69, 9.17) is 18.9 Å². The monoisotopic (exact) mass is 514 g/mol. The molecule has 3 rings (SSSR count). The number of benzene rings is 3. The maximum absolute atomic E-state index is 13.6. The van der Waals surface area contributed by atoms with E-state index in [1.54, 1.807) is 61.5 Å². The van der Waals surface area contributed by atoms with Gasteiger partial charge in [-0.25, -0.2) is 8.42 Å². The number of nitrogens with zero attached hydrogens (tertiary/aromatic N) is 1. The lowest BCUT2D eigenvalue weighted by Gasteiger charge is -2.26. The number of para-hydroxylation sites is 2. The van der Waals surface area contributed by atoms with Crippen molar-refractivity contribution in [1.29, 1.82) is 0 Å².